The molecule has 25 heavy (non-hydrogen) atoms. The molecule has 1 atom stereocenters. The fraction of sp³-hybridized carbons (Fsp3) is 0.474. The molecule has 1 aliphatic rings. The van der Waals surface area contributed by atoms with Gasteiger partial charge in [0.25, 0.3) is 0 Å². The van der Waals surface area contributed by atoms with Crippen LogP contribution in [0.1, 0.15) is 25.3 Å². The lowest BCUT2D eigenvalue weighted by Gasteiger charge is -2.31. The number of halogens is 1. The highest BCUT2D eigenvalue weighted by Crippen LogP contribution is 2.27. The Hall–Kier alpha value is -2.21. The molecule has 0 amide bonds. The molecule has 0 unspecified atom stereocenters. The minimum absolute atomic E-state index is 0.0812. The van der Waals surface area contributed by atoms with Gasteiger partial charge in [0, 0.05) is 37.5 Å². The quantitative estimate of drug-likeness (QED) is 0.782. The van der Waals surface area contributed by atoms with Crippen molar-refractivity contribution in [3.8, 4) is 11.3 Å². The Bertz CT molecular complexity index is 744. The van der Waals surface area contributed by atoms with Crippen molar-refractivity contribution in [2.75, 3.05) is 19.7 Å². The molecule has 1 saturated heterocycles. The van der Waals surface area contributed by atoms with Crippen LogP contribution in [0.15, 0.2) is 30.5 Å². The van der Waals surface area contributed by atoms with Crippen molar-refractivity contribution in [1.82, 2.24) is 14.7 Å². The van der Waals surface area contributed by atoms with Crippen LogP contribution in [0.3, 0.4) is 0 Å². The molecule has 0 radical (unpaired) electrons. The fourth-order valence-electron chi connectivity index (χ4n) is 3.43. The van der Waals surface area contributed by atoms with Gasteiger partial charge in [-0.25, -0.2) is 4.39 Å². The average molecular weight is 345 g/mol. The largest absolute Gasteiger partial charge is 0.466 e. The third-order valence-corrected chi connectivity index (χ3v) is 4.55. The monoisotopic (exact) mass is 345 g/mol. The highest BCUT2D eigenvalue weighted by Gasteiger charge is 2.27. The topological polar surface area (TPSA) is 47.4 Å². The van der Waals surface area contributed by atoms with E-state index in [0.717, 1.165) is 24.9 Å². The number of esters is 1. The van der Waals surface area contributed by atoms with Gasteiger partial charge in [0.05, 0.1) is 18.2 Å². The molecule has 2 heterocycles. The number of aryl methyl sites for hydroxylation is 1. The number of carbonyl (C=O) groups excluding carboxylic acids is 1. The van der Waals surface area contributed by atoms with Crippen molar-refractivity contribution in [3.05, 3.63) is 41.8 Å². The zero-order valence-corrected chi connectivity index (χ0v) is 14.7. The molecule has 0 spiro atoms. The zero-order chi connectivity index (χ0) is 17.8. The van der Waals surface area contributed by atoms with Crippen LogP contribution in [0.25, 0.3) is 11.3 Å². The third-order valence-electron chi connectivity index (χ3n) is 4.55. The summed E-state index contributed by atoms with van der Waals surface area (Å²) in [6.07, 6.45) is 3.75. The number of hydrogen-bond acceptors (Lipinski definition) is 4. The van der Waals surface area contributed by atoms with Gasteiger partial charge in [-0.1, -0.05) is 12.1 Å². The van der Waals surface area contributed by atoms with E-state index in [1.54, 1.807) is 16.8 Å². The predicted octanol–water partition coefficient (Wildman–Crippen LogP) is 3.00. The van der Waals surface area contributed by atoms with Crippen molar-refractivity contribution in [2.24, 2.45) is 13.0 Å². The molecule has 1 aliphatic heterocycles. The van der Waals surface area contributed by atoms with E-state index in [2.05, 4.69) is 10.00 Å². The molecular formula is C19H24FN3O2. The molecule has 6 heteroatoms. The Morgan fingerprint density at radius 2 is 2.20 bits per heavy atom. The Labute approximate surface area is 147 Å². The van der Waals surface area contributed by atoms with Crippen molar-refractivity contribution in [1.29, 1.82) is 0 Å². The Morgan fingerprint density at radius 3 is 2.96 bits per heavy atom. The maximum atomic E-state index is 14.2. The van der Waals surface area contributed by atoms with Crippen LogP contribution in [-0.4, -0.2) is 40.3 Å². The van der Waals surface area contributed by atoms with Crippen LogP contribution in [0.5, 0.6) is 0 Å². The summed E-state index contributed by atoms with van der Waals surface area (Å²) in [5.74, 6) is -0.472. The number of aromatic nitrogens is 2. The zero-order valence-electron chi connectivity index (χ0n) is 14.7. The van der Waals surface area contributed by atoms with Gasteiger partial charge in [0.1, 0.15) is 5.82 Å². The van der Waals surface area contributed by atoms with Gasteiger partial charge in [-0.2, -0.15) is 5.10 Å². The molecule has 1 aromatic carbocycles. The Morgan fingerprint density at radius 1 is 1.40 bits per heavy atom. The molecule has 0 aliphatic carbocycles. The first-order chi connectivity index (χ1) is 12.1. The van der Waals surface area contributed by atoms with E-state index >= 15 is 0 Å². The summed E-state index contributed by atoms with van der Waals surface area (Å²) in [4.78, 5) is 14.2. The van der Waals surface area contributed by atoms with Gasteiger partial charge in [0.15, 0.2) is 0 Å². The van der Waals surface area contributed by atoms with E-state index in [4.69, 9.17) is 4.74 Å². The van der Waals surface area contributed by atoms with Gasteiger partial charge in [-0.3, -0.25) is 14.4 Å². The second-order valence-corrected chi connectivity index (χ2v) is 6.48. The summed E-state index contributed by atoms with van der Waals surface area (Å²) in [7, 11) is 1.84. The molecule has 2 aromatic rings. The first kappa shape index (κ1) is 17.6. The highest BCUT2D eigenvalue weighted by atomic mass is 19.1. The van der Waals surface area contributed by atoms with Gasteiger partial charge in [-0.05, 0) is 38.4 Å². The number of ether oxygens (including phenoxy) is 1. The predicted molar refractivity (Wildman–Crippen MR) is 93.2 cm³/mol. The van der Waals surface area contributed by atoms with E-state index in [1.165, 1.54) is 6.07 Å². The number of piperidine rings is 1. The first-order valence-electron chi connectivity index (χ1n) is 8.75. The number of likely N-dealkylation sites (tertiary alicyclic amines) is 1. The molecular weight excluding hydrogens is 321 g/mol. The van der Waals surface area contributed by atoms with E-state index in [1.807, 2.05) is 26.2 Å². The highest BCUT2D eigenvalue weighted by molar-refractivity contribution is 5.72. The molecule has 134 valence electrons. The number of benzene rings is 1. The smallest absolute Gasteiger partial charge is 0.310 e. The maximum Gasteiger partial charge on any atom is 0.310 e. The number of nitrogens with zero attached hydrogens (tertiary/aromatic N) is 3. The standard InChI is InChI=1S/C19H24FN3O2/c1-3-25-19(24)14-7-6-10-23(12-14)13-15-11-22(2)21-18(15)16-8-4-5-9-17(16)20/h4-5,8-9,11,14H,3,6-7,10,12-13H2,1-2H3/t14-/m1/s1. The molecule has 1 aromatic heterocycles. The summed E-state index contributed by atoms with van der Waals surface area (Å²) in [5, 5.41) is 4.45. The van der Waals surface area contributed by atoms with E-state index in [-0.39, 0.29) is 17.7 Å². The van der Waals surface area contributed by atoms with Crippen LogP contribution in [0.2, 0.25) is 0 Å². The molecule has 3 rings (SSSR count). The summed E-state index contributed by atoms with van der Waals surface area (Å²) in [5.41, 5.74) is 2.15. The van der Waals surface area contributed by atoms with E-state index in [9.17, 15) is 9.18 Å². The normalized spacial score (nSPS) is 18.3. The average Bonchev–Trinajstić information content (AvgIpc) is 2.96. The summed E-state index contributed by atoms with van der Waals surface area (Å²) >= 11 is 0. The number of hydrogen-bond donors (Lipinski definition) is 0. The van der Waals surface area contributed by atoms with Gasteiger partial charge in [-0.15, -0.1) is 0 Å². The lowest BCUT2D eigenvalue weighted by molar-refractivity contribution is -0.150. The van der Waals surface area contributed by atoms with Crippen molar-refractivity contribution < 1.29 is 13.9 Å². The minimum Gasteiger partial charge on any atom is -0.466 e. The van der Waals surface area contributed by atoms with Gasteiger partial charge in [0.2, 0.25) is 0 Å². The fourth-order valence-corrected chi connectivity index (χ4v) is 3.43. The molecule has 0 bridgehead atoms. The van der Waals surface area contributed by atoms with Crippen LogP contribution in [0, 0.1) is 11.7 Å². The Balaban J connectivity index is 1.77. The van der Waals surface area contributed by atoms with Crippen LogP contribution >= 0.6 is 0 Å². The van der Waals surface area contributed by atoms with E-state index in [0.29, 0.717) is 31.0 Å². The van der Waals surface area contributed by atoms with Crippen molar-refractivity contribution >= 4 is 5.97 Å². The van der Waals surface area contributed by atoms with Crippen LogP contribution < -0.4 is 0 Å². The minimum atomic E-state index is -0.273. The molecule has 1 fully saturated rings. The van der Waals surface area contributed by atoms with Crippen LogP contribution in [-0.2, 0) is 23.1 Å². The summed E-state index contributed by atoms with van der Waals surface area (Å²) < 4.78 is 21.0. The van der Waals surface area contributed by atoms with Gasteiger partial charge < -0.3 is 4.74 Å². The lowest BCUT2D eigenvalue weighted by atomic mass is 9.97. The second-order valence-electron chi connectivity index (χ2n) is 6.48. The second kappa shape index (κ2) is 7.78. The third kappa shape index (κ3) is 4.07. The van der Waals surface area contributed by atoms with Crippen molar-refractivity contribution in [2.45, 2.75) is 26.3 Å². The SMILES string of the molecule is CCOC(=O)[C@@H]1CCCN(Cc2cn(C)nc2-c2ccccc2F)C1. The molecule has 0 saturated carbocycles. The van der Waals surface area contributed by atoms with E-state index < -0.39 is 0 Å². The van der Waals surface area contributed by atoms with Crippen LogP contribution in [0.4, 0.5) is 4.39 Å². The Kier molecular flexibility index (Phi) is 5.48. The maximum absolute atomic E-state index is 14.2. The lowest BCUT2D eigenvalue weighted by Crippen LogP contribution is -2.38. The molecule has 5 nitrogen and oxygen atoms in total. The first-order valence-corrected chi connectivity index (χ1v) is 8.75. The number of rotatable bonds is 5. The van der Waals surface area contributed by atoms with Crippen molar-refractivity contribution in [3.63, 3.8) is 0 Å². The molecule has 0 N–H and O–H groups in total. The van der Waals surface area contributed by atoms with Gasteiger partial charge >= 0.3 is 5.97 Å². The summed E-state index contributed by atoms with van der Waals surface area (Å²) in [6, 6.07) is 6.69. The number of carbonyl (C=O) groups is 1. The summed E-state index contributed by atoms with van der Waals surface area (Å²) in [6.45, 7) is 4.48.